The number of carbonyl (C=O) groups excluding carboxylic acids is 1. The summed E-state index contributed by atoms with van der Waals surface area (Å²) in [5.74, 6) is 0.628. The molecule has 0 radical (unpaired) electrons. The Bertz CT molecular complexity index is 613. The first-order chi connectivity index (χ1) is 10.2. The predicted molar refractivity (Wildman–Crippen MR) is 76.0 cm³/mol. The minimum atomic E-state index is -0.343. The van der Waals surface area contributed by atoms with Crippen LogP contribution in [-0.2, 0) is 11.3 Å². The molecule has 2 heterocycles. The zero-order chi connectivity index (χ0) is 14.7. The van der Waals surface area contributed by atoms with Crippen LogP contribution in [0, 0.1) is 0 Å². The molecule has 21 heavy (non-hydrogen) atoms. The summed E-state index contributed by atoms with van der Waals surface area (Å²) in [6, 6.07) is 9.24. The van der Waals surface area contributed by atoms with Crippen molar-refractivity contribution in [3.8, 4) is 11.5 Å². The molecule has 2 aromatic rings. The fourth-order valence-electron chi connectivity index (χ4n) is 2.40. The van der Waals surface area contributed by atoms with E-state index >= 15 is 0 Å². The van der Waals surface area contributed by atoms with Gasteiger partial charge in [0, 0.05) is 25.2 Å². The fraction of sp³-hybridized carbons (Fsp3) is 0.357. The molecular weight excluding hydrogens is 270 g/mol. The van der Waals surface area contributed by atoms with E-state index in [-0.39, 0.29) is 11.9 Å². The molecule has 1 aliphatic rings. The Balaban J connectivity index is 1.73. The molecule has 1 fully saturated rings. The van der Waals surface area contributed by atoms with E-state index in [2.05, 4.69) is 15.5 Å². The van der Waals surface area contributed by atoms with Crippen LogP contribution in [0.1, 0.15) is 5.89 Å². The van der Waals surface area contributed by atoms with Gasteiger partial charge >= 0.3 is 0 Å². The second-order valence-corrected chi connectivity index (χ2v) is 4.96. The van der Waals surface area contributed by atoms with Gasteiger partial charge in [-0.25, -0.2) is 0 Å². The van der Waals surface area contributed by atoms with E-state index in [9.17, 15) is 4.79 Å². The van der Waals surface area contributed by atoms with Crippen LogP contribution in [0.25, 0.3) is 11.5 Å². The molecule has 0 spiro atoms. The fourth-order valence-corrected chi connectivity index (χ4v) is 2.40. The Hall–Kier alpha value is -2.25. The van der Waals surface area contributed by atoms with Crippen LogP contribution in [-0.4, -0.2) is 46.7 Å². The molecule has 1 amide bonds. The van der Waals surface area contributed by atoms with Crippen LogP contribution in [0.4, 0.5) is 0 Å². The van der Waals surface area contributed by atoms with Crippen molar-refractivity contribution in [2.45, 2.75) is 12.6 Å². The van der Waals surface area contributed by atoms with E-state index in [0.29, 0.717) is 24.9 Å². The average molecular weight is 287 g/mol. The molecular formula is C14H17N5O2. The van der Waals surface area contributed by atoms with Crippen molar-refractivity contribution in [2.24, 2.45) is 5.73 Å². The van der Waals surface area contributed by atoms with E-state index in [1.165, 1.54) is 0 Å². The van der Waals surface area contributed by atoms with Gasteiger partial charge in [-0.1, -0.05) is 18.2 Å². The molecule has 1 aromatic carbocycles. The van der Waals surface area contributed by atoms with Gasteiger partial charge in [0.25, 0.3) is 0 Å². The maximum Gasteiger partial charge on any atom is 0.247 e. The van der Waals surface area contributed by atoms with E-state index in [1.54, 1.807) is 0 Å². The van der Waals surface area contributed by atoms with Gasteiger partial charge in [0.1, 0.15) is 6.04 Å². The van der Waals surface area contributed by atoms with Crippen LogP contribution in [0.3, 0.4) is 0 Å². The lowest BCUT2D eigenvalue weighted by atomic mass is 10.2. The Morgan fingerprint density at radius 1 is 1.38 bits per heavy atom. The zero-order valence-electron chi connectivity index (χ0n) is 11.5. The van der Waals surface area contributed by atoms with Gasteiger partial charge in [-0.05, 0) is 12.1 Å². The second-order valence-electron chi connectivity index (χ2n) is 4.96. The number of nitrogens with zero attached hydrogens (tertiary/aromatic N) is 3. The first-order valence-corrected chi connectivity index (χ1v) is 6.86. The van der Waals surface area contributed by atoms with E-state index in [0.717, 1.165) is 18.7 Å². The third-order valence-electron chi connectivity index (χ3n) is 3.51. The summed E-state index contributed by atoms with van der Waals surface area (Å²) in [6.45, 7) is 2.50. The number of amides is 1. The molecule has 3 rings (SSSR count). The third kappa shape index (κ3) is 3.09. The Morgan fingerprint density at radius 2 is 2.19 bits per heavy atom. The number of carbonyl (C=O) groups is 1. The highest BCUT2D eigenvalue weighted by Crippen LogP contribution is 2.18. The highest BCUT2D eigenvalue weighted by Gasteiger charge is 2.28. The number of hydrogen-bond donors (Lipinski definition) is 2. The summed E-state index contributed by atoms with van der Waals surface area (Å²) in [6.07, 6.45) is 0. The molecule has 1 atom stereocenters. The molecule has 110 valence electrons. The summed E-state index contributed by atoms with van der Waals surface area (Å²) >= 11 is 0. The van der Waals surface area contributed by atoms with Crippen LogP contribution in [0.5, 0.6) is 0 Å². The van der Waals surface area contributed by atoms with Gasteiger partial charge in [0.2, 0.25) is 17.7 Å². The maximum absolute atomic E-state index is 11.5. The van der Waals surface area contributed by atoms with Crippen LogP contribution in [0.15, 0.2) is 34.7 Å². The Labute approximate surface area is 122 Å². The normalized spacial score (nSPS) is 19.5. The van der Waals surface area contributed by atoms with E-state index in [4.69, 9.17) is 10.2 Å². The molecule has 0 saturated carbocycles. The number of rotatable bonds is 4. The molecule has 1 aliphatic heterocycles. The topological polar surface area (TPSA) is 97.3 Å². The van der Waals surface area contributed by atoms with Gasteiger partial charge in [0.05, 0.1) is 6.54 Å². The zero-order valence-corrected chi connectivity index (χ0v) is 11.5. The lowest BCUT2D eigenvalue weighted by Crippen LogP contribution is -2.56. The third-order valence-corrected chi connectivity index (χ3v) is 3.51. The minimum absolute atomic E-state index is 0.342. The first kappa shape index (κ1) is 13.7. The molecule has 7 heteroatoms. The number of hydrogen-bond acceptors (Lipinski definition) is 6. The number of nitrogens with one attached hydrogen (secondary N) is 1. The van der Waals surface area contributed by atoms with Gasteiger partial charge in [-0.3, -0.25) is 9.69 Å². The summed E-state index contributed by atoms with van der Waals surface area (Å²) in [7, 11) is 0. The minimum Gasteiger partial charge on any atom is -0.419 e. The smallest absolute Gasteiger partial charge is 0.247 e. The van der Waals surface area contributed by atoms with Gasteiger partial charge in [0.15, 0.2) is 0 Å². The van der Waals surface area contributed by atoms with Crippen molar-refractivity contribution < 1.29 is 9.21 Å². The Morgan fingerprint density at radius 3 is 2.95 bits per heavy atom. The summed E-state index contributed by atoms with van der Waals surface area (Å²) in [5, 5.41) is 11.3. The van der Waals surface area contributed by atoms with Crippen molar-refractivity contribution >= 4 is 5.91 Å². The summed E-state index contributed by atoms with van der Waals surface area (Å²) in [5.41, 5.74) is 6.30. The molecule has 1 unspecified atom stereocenters. The van der Waals surface area contributed by atoms with Gasteiger partial charge in [-0.15, -0.1) is 10.2 Å². The first-order valence-electron chi connectivity index (χ1n) is 6.86. The van der Waals surface area contributed by atoms with E-state index in [1.807, 2.05) is 35.2 Å². The molecule has 0 bridgehead atoms. The van der Waals surface area contributed by atoms with Crippen LogP contribution >= 0.6 is 0 Å². The van der Waals surface area contributed by atoms with Crippen molar-refractivity contribution in [1.82, 2.24) is 20.4 Å². The highest BCUT2D eigenvalue weighted by atomic mass is 16.4. The molecule has 1 saturated heterocycles. The van der Waals surface area contributed by atoms with Crippen molar-refractivity contribution in [2.75, 3.05) is 19.6 Å². The largest absolute Gasteiger partial charge is 0.419 e. The predicted octanol–water partition coefficient (Wildman–Crippen LogP) is -0.00430. The quantitative estimate of drug-likeness (QED) is 0.821. The summed E-state index contributed by atoms with van der Waals surface area (Å²) in [4.78, 5) is 13.4. The van der Waals surface area contributed by atoms with Gasteiger partial charge in [-0.2, -0.15) is 0 Å². The second kappa shape index (κ2) is 6.02. The number of benzene rings is 1. The standard InChI is InChI=1S/C14H17N5O2/c15-13(20)11-8-16-6-7-19(11)9-12-17-18-14(21-12)10-4-2-1-3-5-10/h1-5,11,16H,6-9H2,(H2,15,20). The average Bonchev–Trinajstić information content (AvgIpc) is 2.97. The highest BCUT2D eigenvalue weighted by molar-refractivity contribution is 5.80. The number of aromatic nitrogens is 2. The lowest BCUT2D eigenvalue weighted by molar-refractivity contribution is -0.124. The number of piperazine rings is 1. The monoisotopic (exact) mass is 287 g/mol. The molecule has 3 N–H and O–H groups in total. The van der Waals surface area contributed by atoms with Crippen LogP contribution in [0.2, 0.25) is 0 Å². The van der Waals surface area contributed by atoms with E-state index < -0.39 is 0 Å². The summed E-state index contributed by atoms with van der Waals surface area (Å²) < 4.78 is 5.66. The Kier molecular flexibility index (Phi) is 3.94. The SMILES string of the molecule is NC(=O)C1CNCCN1Cc1nnc(-c2ccccc2)o1. The lowest BCUT2D eigenvalue weighted by Gasteiger charge is -2.32. The van der Waals surface area contributed by atoms with Crippen molar-refractivity contribution in [1.29, 1.82) is 0 Å². The molecule has 7 nitrogen and oxygen atoms in total. The molecule has 1 aromatic heterocycles. The van der Waals surface area contributed by atoms with Crippen LogP contribution < -0.4 is 11.1 Å². The molecule has 0 aliphatic carbocycles. The van der Waals surface area contributed by atoms with Crippen molar-refractivity contribution in [3.63, 3.8) is 0 Å². The number of primary amides is 1. The number of nitrogens with two attached hydrogens (primary N) is 1. The maximum atomic E-state index is 11.5. The van der Waals surface area contributed by atoms with Gasteiger partial charge < -0.3 is 15.5 Å². The van der Waals surface area contributed by atoms with Crippen molar-refractivity contribution in [3.05, 3.63) is 36.2 Å².